The molecule has 0 aliphatic heterocycles. The second-order valence-electron chi connectivity index (χ2n) is 8.11. The zero-order chi connectivity index (χ0) is 19.9. The highest BCUT2D eigenvalue weighted by atomic mass is 16.4. The average molecular weight is 377 g/mol. The molecule has 6 heteroatoms. The van der Waals surface area contributed by atoms with E-state index in [1.165, 1.54) is 0 Å². The van der Waals surface area contributed by atoms with E-state index in [2.05, 4.69) is 10.3 Å². The number of imidazole rings is 1. The SMILES string of the molecule is Cc1c(C(=O)NCc2ccc(-n3ccnc3)cc2)oc2c1C(=O)CC(C)(C)C2. The summed E-state index contributed by atoms with van der Waals surface area (Å²) in [4.78, 5) is 29.2. The maximum Gasteiger partial charge on any atom is 0.287 e. The van der Waals surface area contributed by atoms with Crippen molar-refractivity contribution >= 4 is 11.7 Å². The third-order valence-corrected chi connectivity index (χ3v) is 5.17. The topological polar surface area (TPSA) is 77.1 Å². The number of amides is 1. The smallest absolute Gasteiger partial charge is 0.287 e. The fraction of sp³-hybridized carbons (Fsp3) is 0.318. The molecule has 0 radical (unpaired) electrons. The van der Waals surface area contributed by atoms with Gasteiger partial charge in [0.25, 0.3) is 5.91 Å². The maximum absolute atomic E-state index is 12.6. The minimum atomic E-state index is -0.295. The van der Waals surface area contributed by atoms with E-state index in [9.17, 15) is 9.59 Å². The first kappa shape index (κ1) is 18.2. The normalized spacial score (nSPS) is 15.3. The number of rotatable bonds is 4. The van der Waals surface area contributed by atoms with Crippen LogP contribution in [-0.2, 0) is 13.0 Å². The number of nitrogens with one attached hydrogen (secondary N) is 1. The van der Waals surface area contributed by atoms with Crippen LogP contribution in [0.25, 0.3) is 5.69 Å². The number of furan rings is 1. The third kappa shape index (κ3) is 3.38. The molecule has 1 aromatic carbocycles. The lowest BCUT2D eigenvalue weighted by atomic mass is 9.76. The van der Waals surface area contributed by atoms with Crippen molar-refractivity contribution in [3.63, 3.8) is 0 Å². The molecule has 2 heterocycles. The lowest BCUT2D eigenvalue weighted by Gasteiger charge is -2.27. The summed E-state index contributed by atoms with van der Waals surface area (Å²) in [5.41, 5.74) is 3.07. The summed E-state index contributed by atoms with van der Waals surface area (Å²) in [6, 6.07) is 7.87. The number of nitrogens with zero attached hydrogens (tertiary/aromatic N) is 2. The van der Waals surface area contributed by atoms with E-state index in [0.29, 0.717) is 36.3 Å². The first-order valence-corrected chi connectivity index (χ1v) is 9.35. The van der Waals surface area contributed by atoms with Gasteiger partial charge in [-0.25, -0.2) is 4.98 Å². The Morgan fingerprint density at radius 1 is 1.25 bits per heavy atom. The molecule has 0 bridgehead atoms. The highest BCUT2D eigenvalue weighted by Crippen LogP contribution is 2.38. The number of aromatic nitrogens is 2. The molecule has 28 heavy (non-hydrogen) atoms. The van der Waals surface area contributed by atoms with Gasteiger partial charge in [0.15, 0.2) is 11.5 Å². The van der Waals surface area contributed by atoms with Crippen molar-refractivity contribution in [3.8, 4) is 5.69 Å². The number of hydrogen-bond acceptors (Lipinski definition) is 4. The van der Waals surface area contributed by atoms with Gasteiger partial charge in [-0.3, -0.25) is 9.59 Å². The zero-order valence-electron chi connectivity index (χ0n) is 16.3. The van der Waals surface area contributed by atoms with Crippen LogP contribution in [-0.4, -0.2) is 21.2 Å². The molecule has 3 aromatic rings. The Bertz CT molecular complexity index is 1030. The molecule has 144 valence electrons. The summed E-state index contributed by atoms with van der Waals surface area (Å²) >= 11 is 0. The van der Waals surface area contributed by atoms with Crippen molar-refractivity contribution in [1.82, 2.24) is 14.9 Å². The van der Waals surface area contributed by atoms with Gasteiger partial charge in [-0.15, -0.1) is 0 Å². The molecule has 0 saturated heterocycles. The van der Waals surface area contributed by atoms with E-state index in [4.69, 9.17) is 4.42 Å². The molecular formula is C22H23N3O3. The maximum atomic E-state index is 12.6. The lowest BCUT2D eigenvalue weighted by Crippen LogP contribution is -2.26. The van der Waals surface area contributed by atoms with Gasteiger partial charge < -0.3 is 14.3 Å². The highest BCUT2D eigenvalue weighted by molar-refractivity contribution is 6.03. The molecule has 1 N–H and O–H groups in total. The molecule has 0 unspecified atom stereocenters. The first-order chi connectivity index (χ1) is 13.3. The van der Waals surface area contributed by atoms with Crippen molar-refractivity contribution in [2.24, 2.45) is 5.41 Å². The average Bonchev–Trinajstić information content (AvgIpc) is 3.27. The van der Waals surface area contributed by atoms with E-state index >= 15 is 0 Å². The van der Waals surface area contributed by atoms with Crippen LogP contribution in [0, 0.1) is 12.3 Å². The van der Waals surface area contributed by atoms with Gasteiger partial charge in [-0.2, -0.15) is 0 Å². The summed E-state index contributed by atoms with van der Waals surface area (Å²) in [6.45, 7) is 6.25. The first-order valence-electron chi connectivity index (χ1n) is 9.35. The number of benzene rings is 1. The van der Waals surface area contributed by atoms with Gasteiger partial charge in [-0.05, 0) is 30.0 Å². The van der Waals surface area contributed by atoms with Crippen LogP contribution in [0.2, 0.25) is 0 Å². The molecular weight excluding hydrogens is 354 g/mol. The molecule has 4 rings (SSSR count). The lowest BCUT2D eigenvalue weighted by molar-refractivity contribution is 0.0888. The number of carbonyl (C=O) groups is 2. The van der Waals surface area contributed by atoms with Crippen molar-refractivity contribution in [3.05, 3.63) is 71.2 Å². The minimum Gasteiger partial charge on any atom is -0.455 e. The summed E-state index contributed by atoms with van der Waals surface area (Å²) in [5.74, 6) is 0.637. The van der Waals surface area contributed by atoms with Crippen LogP contribution in [0.1, 0.15) is 58.1 Å². The van der Waals surface area contributed by atoms with E-state index in [-0.39, 0.29) is 22.9 Å². The van der Waals surface area contributed by atoms with Crippen molar-refractivity contribution in [2.75, 3.05) is 0 Å². The third-order valence-electron chi connectivity index (χ3n) is 5.17. The van der Waals surface area contributed by atoms with Crippen LogP contribution >= 0.6 is 0 Å². The minimum absolute atomic E-state index is 0.0571. The Morgan fingerprint density at radius 3 is 2.68 bits per heavy atom. The van der Waals surface area contributed by atoms with Crippen LogP contribution in [0.5, 0.6) is 0 Å². The molecule has 1 amide bonds. The van der Waals surface area contributed by atoms with Crippen LogP contribution in [0.15, 0.2) is 47.4 Å². The number of fused-ring (bicyclic) bond motifs is 1. The Labute approximate surface area is 163 Å². The van der Waals surface area contributed by atoms with Crippen molar-refractivity contribution < 1.29 is 14.0 Å². The van der Waals surface area contributed by atoms with Crippen LogP contribution < -0.4 is 5.32 Å². The second kappa shape index (κ2) is 6.78. The standard InChI is InChI=1S/C22H23N3O3/c1-14-19-17(26)10-22(2,3)11-18(19)28-20(14)21(27)24-12-15-4-6-16(7-5-15)25-9-8-23-13-25/h4-9,13H,10-12H2,1-3H3,(H,24,27). The molecule has 0 atom stereocenters. The fourth-order valence-electron chi connectivity index (χ4n) is 3.76. The van der Waals surface area contributed by atoms with Crippen molar-refractivity contribution in [1.29, 1.82) is 0 Å². The molecule has 1 aliphatic rings. The molecule has 0 spiro atoms. The Kier molecular flexibility index (Phi) is 4.41. The van der Waals surface area contributed by atoms with E-state index in [0.717, 1.165) is 11.3 Å². The van der Waals surface area contributed by atoms with Crippen LogP contribution in [0.3, 0.4) is 0 Å². The van der Waals surface area contributed by atoms with Gasteiger partial charge in [0.1, 0.15) is 5.76 Å². The summed E-state index contributed by atoms with van der Waals surface area (Å²) in [5, 5.41) is 2.89. The van der Waals surface area contributed by atoms with Gasteiger partial charge in [0.2, 0.25) is 0 Å². The van der Waals surface area contributed by atoms with Gasteiger partial charge in [-0.1, -0.05) is 26.0 Å². The Hall–Kier alpha value is -3.15. The summed E-state index contributed by atoms with van der Waals surface area (Å²) < 4.78 is 7.73. The highest BCUT2D eigenvalue weighted by Gasteiger charge is 2.36. The second-order valence-corrected chi connectivity index (χ2v) is 8.11. The predicted molar refractivity (Wildman–Crippen MR) is 105 cm³/mol. The predicted octanol–water partition coefficient (Wildman–Crippen LogP) is 3.86. The van der Waals surface area contributed by atoms with E-state index in [1.807, 2.05) is 48.9 Å². The monoisotopic (exact) mass is 377 g/mol. The Balaban J connectivity index is 1.47. The van der Waals surface area contributed by atoms with E-state index in [1.54, 1.807) is 19.4 Å². The largest absolute Gasteiger partial charge is 0.455 e. The van der Waals surface area contributed by atoms with Crippen molar-refractivity contribution in [2.45, 2.75) is 40.2 Å². The number of Topliss-reactive ketones (excluding diaryl/α,β-unsaturated/α-hetero) is 1. The Morgan fingerprint density at radius 2 is 2.00 bits per heavy atom. The van der Waals surface area contributed by atoms with Gasteiger partial charge in [0.05, 0.1) is 11.9 Å². The summed E-state index contributed by atoms with van der Waals surface area (Å²) in [6.07, 6.45) is 6.48. The number of ketones is 1. The molecule has 0 fully saturated rings. The molecule has 2 aromatic heterocycles. The fourth-order valence-corrected chi connectivity index (χ4v) is 3.76. The number of hydrogen-bond donors (Lipinski definition) is 1. The van der Waals surface area contributed by atoms with Crippen LogP contribution in [0.4, 0.5) is 0 Å². The molecule has 0 saturated carbocycles. The van der Waals surface area contributed by atoms with Gasteiger partial charge >= 0.3 is 0 Å². The quantitative estimate of drug-likeness (QED) is 0.749. The zero-order valence-corrected chi connectivity index (χ0v) is 16.3. The molecule has 6 nitrogen and oxygen atoms in total. The number of carbonyl (C=O) groups excluding carboxylic acids is 2. The van der Waals surface area contributed by atoms with E-state index < -0.39 is 0 Å². The van der Waals surface area contributed by atoms with Gasteiger partial charge in [0, 0.05) is 43.0 Å². The summed E-state index contributed by atoms with van der Waals surface area (Å²) in [7, 11) is 0. The molecule has 1 aliphatic carbocycles.